The van der Waals surface area contributed by atoms with Crippen LogP contribution in [0.4, 0.5) is 0 Å². The van der Waals surface area contributed by atoms with Crippen LogP contribution in [0, 0.1) is 0 Å². The first kappa shape index (κ1) is 17.4. The summed E-state index contributed by atoms with van der Waals surface area (Å²) in [7, 11) is 0. The molecule has 3 rings (SSSR count). The highest BCUT2D eigenvalue weighted by atomic mass is 16.5. The number of morpholine rings is 1. The summed E-state index contributed by atoms with van der Waals surface area (Å²) in [6.45, 7) is 6.03. The van der Waals surface area contributed by atoms with Gasteiger partial charge >= 0.3 is 0 Å². The molecule has 1 amide bonds. The molecule has 132 valence electrons. The van der Waals surface area contributed by atoms with Crippen LogP contribution in [0.3, 0.4) is 0 Å². The van der Waals surface area contributed by atoms with Crippen LogP contribution >= 0.6 is 0 Å². The van der Waals surface area contributed by atoms with Gasteiger partial charge in [0.15, 0.2) is 0 Å². The second-order valence-electron chi connectivity index (χ2n) is 6.01. The first-order chi connectivity index (χ1) is 12.2. The van der Waals surface area contributed by atoms with Crippen molar-refractivity contribution < 1.29 is 14.3 Å². The Morgan fingerprint density at radius 3 is 2.68 bits per heavy atom. The van der Waals surface area contributed by atoms with Crippen molar-refractivity contribution in [2.45, 2.75) is 13.0 Å². The molecule has 2 heterocycles. The fourth-order valence-corrected chi connectivity index (χ4v) is 2.67. The second-order valence-corrected chi connectivity index (χ2v) is 6.01. The molecule has 25 heavy (non-hydrogen) atoms. The monoisotopic (exact) mass is 341 g/mol. The van der Waals surface area contributed by atoms with E-state index < -0.39 is 0 Å². The van der Waals surface area contributed by atoms with E-state index >= 15 is 0 Å². The molecule has 1 unspecified atom stereocenters. The van der Waals surface area contributed by atoms with Crippen LogP contribution in [0.1, 0.15) is 17.3 Å². The highest BCUT2D eigenvalue weighted by molar-refractivity contribution is 5.93. The van der Waals surface area contributed by atoms with Gasteiger partial charge in [-0.3, -0.25) is 9.69 Å². The topological polar surface area (TPSA) is 63.7 Å². The maximum Gasteiger partial charge on any atom is 0.252 e. The summed E-state index contributed by atoms with van der Waals surface area (Å²) in [5.41, 5.74) is 0.523. The molecular formula is C19H23N3O3. The molecule has 1 aromatic carbocycles. The minimum Gasteiger partial charge on any atom is -0.439 e. The number of aromatic nitrogens is 1. The van der Waals surface area contributed by atoms with Gasteiger partial charge in [0.2, 0.25) is 5.88 Å². The van der Waals surface area contributed by atoms with Gasteiger partial charge in [-0.15, -0.1) is 0 Å². The zero-order valence-electron chi connectivity index (χ0n) is 14.4. The molecule has 0 saturated carbocycles. The number of amides is 1. The number of nitrogens with one attached hydrogen (secondary N) is 1. The SMILES string of the molecule is CC(CNC(=O)c1ccc(Oc2ccccc2)nc1)N1CCOCC1. The number of para-hydroxylation sites is 1. The molecule has 2 aromatic rings. The Balaban J connectivity index is 1.50. The Morgan fingerprint density at radius 1 is 1.24 bits per heavy atom. The van der Waals surface area contributed by atoms with Crippen LogP contribution in [0.25, 0.3) is 0 Å². The Hall–Kier alpha value is -2.44. The smallest absolute Gasteiger partial charge is 0.252 e. The molecule has 1 aliphatic rings. The molecule has 0 radical (unpaired) electrons. The molecule has 1 saturated heterocycles. The van der Waals surface area contributed by atoms with Crippen molar-refractivity contribution in [2.75, 3.05) is 32.8 Å². The summed E-state index contributed by atoms with van der Waals surface area (Å²) < 4.78 is 11.0. The van der Waals surface area contributed by atoms with Gasteiger partial charge in [0.05, 0.1) is 18.8 Å². The average molecular weight is 341 g/mol. The van der Waals surface area contributed by atoms with E-state index in [4.69, 9.17) is 9.47 Å². The molecule has 1 atom stereocenters. The lowest BCUT2D eigenvalue weighted by Gasteiger charge is -2.32. The van der Waals surface area contributed by atoms with Crippen molar-refractivity contribution in [2.24, 2.45) is 0 Å². The predicted octanol–water partition coefficient (Wildman–Crippen LogP) is 2.32. The Morgan fingerprint density at radius 2 is 2.00 bits per heavy atom. The standard InChI is InChI=1S/C19H23N3O3/c1-15(22-9-11-24-12-10-22)13-21-19(23)16-7-8-18(20-14-16)25-17-5-3-2-4-6-17/h2-8,14-15H,9-13H2,1H3,(H,21,23). The van der Waals surface area contributed by atoms with E-state index in [0.717, 1.165) is 26.3 Å². The van der Waals surface area contributed by atoms with E-state index in [0.29, 0.717) is 23.7 Å². The van der Waals surface area contributed by atoms with Crippen molar-refractivity contribution in [3.8, 4) is 11.6 Å². The Bertz CT molecular complexity index is 670. The molecule has 1 aromatic heterocycles. The number of rotatable bonds is 6. The van der Waals surface area contributed by atoms with Gasteiger partial charge in [-0.05, 0) is 25.1 Å². The average Bonchev–Trinajstić information content (AvgIpc) is 2.68. The van der Waals surface area contributed by atoms with Crippen LogP contribution in [0.2, 0.25) is 0 Å². The zero-order chi connectivity index (χ0) is 17.5. The predicted molar refractivity (Wildman–Crippen MR) is 94.9 cm³/mol. The van der Waals surface area contributed by atoms with Crippen molar-refractivity contribution in [3.05, 3.63) is 54.2 Å². The number of carbonyl (C=O) groups is 1. The number of hydrogen-bond acceptors (Lipinski definition) is 5. The summed E-state index contributed by atoms with van der Waals surface area (Å²) in [6, 6.07) is 13.1. The minimum absolute atomic E-state index is 0.126. The maximum absolute atomic E-state index is 12.3. The van der Waals surface area contributed by atoms with Crippen molar-refractivity contribution in [3.63, 3.8) is 0 Å². The quantitative estimate of drug-likeness (QED) is 0.874. The highest BCUT2D eigenvalue weighted by Crippen LogP contribution is 2.18. The van der Waals surface area contributed by atoms with E-state index in [1.807, 2.05) is 30.3 Å². The van der Waals surface area contributed by atoms with E-state index in [-0.39, 0.29) is 11.9 Å². The Labute approximate surface area is 147 Å². The molecule has 6 nitrogen and oxygen atoms in total. The maximum atomic E-state index is 12.3. The zero-order valence-corrected chi connectivity index (χ0v) is 14.4. The summed E-state index contributed by atoms with van der Waals surface area (Å²) in [5.74, 6) is 1.05. The lowest BCUT2D eigenvalue weighted by Crippen LogP contribution is -2.47. The van der Waals surface area contributed by atoms with Crippen molar-refractivity contribution >= 4 is 5.91 Å². The van der Waals surface area contributed by atoms with Gasteiger partial charge < -0.3 is 14.8 Å². The number of ether oxygens (including phenoxy) is 2. The van der Waals surface area contributed by atoms with E-state index in [1.54, 1.807) is 12.1 Å². The number of hydrogen-bond donors (Lipinski definition) is 1. The van der Waals surface area contributed by atoms with E-state index in [1.165, 1.54) is 6.20 Å². The van der Waals surface area contributed by atoms with Crippen LogP contribution in [-0.2, 0) is 4.74 Å². The number of pyridine rings is 1. The van der Waals surface area contributed by atoms with Gasteiger partial charge in [-0.1, -0.05) is 18.2 Å². The number of carbonyl (C=O) groups excluding carboxylic acids is 1. The highest BCUT2D eigenvalue weighted by Gasteiger charge is 2.17. The fraction of sp³-hybridized carbons (Fsp3) is 0.368. The normalized spacial score (nSPS) is 16.2. The Kier molecular flexibility index (Phi) is 5.98. The summed E-state index contributed by atoms with van der Waals surface area (Å²) in [5, 5.41) is 2.96. The number of benzene rings is 1. The van der Waals surface area contributed by atoms with Crippen molar-refractivity contribution in [1.82, 2.24) is 15.2 Å². The molecule has 6 heteroatoms. The van der Waals surface area contributed by atoms with Crippen LogP contribution in [-0.4, -0.2) is 54.7 Å². The lowest BCUT2D eigenvalue weighted by atomic mass is 10.2. The van der Waals surface area contributed by atoms with Gasteiger partial charge in [-0.25, -0.2) is 4.98 Å². The number of nitrogens with zero attached hydrogens (tertiary/aromatic N) is 2. The van der Waals surface area contributed by atoms with E-state index in [9.17, 15) is 4.79 Å². The van der Waals surface area contributed by atoms with Gasteiger partial charge in [0.25, 0.3) is 5.91 Å². The van der Waals surface area contributed by atoms with Gasteiger partial charge in [0.1, 0.15) is 5.75 Å². The first-order valence-corrected chi connectivity index (χ1v) is 8.51. The third kappa shape index (κ3) is 5.01. The summed E-state index contributed by atoms with van der Waals surface area (Å²) in [6.07, 6.45) is 1.53. The molecule has 1 N–H and O–H groups in total. The summed E-state index contributed by atoms with van der Waals surface area (Å²) in [4.78, 5) is 18.8. The van der Waals surface area contributed by atoms with Gasteiger partial charge in [-0.2, -0.15) is 0 Å². The van der Waals surface area contributed by atoms with Crippen LogP contribution in [0.15, 0.2) is 48.7 Å². The first-order valence-electron chi connectivity index (χ1n) is 8.51. The molecule has 1 fully saturated rings. The fourth-order valence-electron chi connectivity index (χ4n) is 2.67. The van der Waals surface area contributed by atoms with E-state index in [2.05, 4.69) is 22.1 Å². The summed E-state index contributed by atoms with van der Waals surface area (Å²) >= 11 is 0. The second kappa shape index (κ2) is 8.60. The molecule has 0 aliphatic carbocycles. The third-order valence-corrected chi connectivity index (χ3v) is 4.19. The van der Waals surface area contributed by atoms with Crippen LogP contribution in [0.5, 0.6) is 11.6 Å². The largest absolute Gasteiger partial charge is 0.439 e. The molecule has 0 bridgehead atoms. The van der Waals surface area contributed by atoms with Gasteiger partial charge in [0, 0.05) is 37.9 Å². The lowest BCUT2D eigenvalue weighted by molar-refractivity contribution is 0.0204. The molecular weight excluding hydrogens is 318 g/mol. The minimum atomic E-state index is -0.126. The molecule has 1 aliphatic heterocycles. The third-order valence-electron chi connectivity index (χ3n) is 4.19. The van der Waals surface area contributed by atoms with Crippen molar-refractivity contribution in [1.29, 1.82) is 0 Å². The van der Waals surface area contributed by atoms with Crippen LogP contribution < -0.4 is 10.1 Å². The molecule has 0 spiro atoms.